The van der Waals surface area contributed by atoms with Gasteiger partial charge >= 0.3 is 0 Å². The van der Waals surface area contributed by atoms with Crippen molar-refractivity contribution in [3.8, 4) is 0 Å². The van der Waals surface area contributed by atoms with Gasteiger partial charge in [-0.3, -0.25) is 0 Å². The van der Waals surface area contributed by atoms with Gasteiger partial charge in [-0.25, -0.2) is 8.78 Å². The maximum Gasteiger partial charge on any atom is 0.131 e. The topological polar surface area (TPSA) is 24.1 Å². The summed E-state index contributed by atoms with van der Waals surface area (Å²) in [4.78, 5) is 0. The molecule has 0 aliphatic heterocycles. The van der Waals surface area contributed by atoms with Crippen LogP contribution in [0.25, 0.3) is 0 Å². The fourth-order valence-corrected chi connectivity index (χ4v) is 2.00. The molecule has 0 atom stereocenters. The van der Waals surface area contributed by atoms with Crippen molar-refractivity contribution in [3.63, 3.8) is 0 Å². The van der Waals surface area contributed by atoms with E-state index >= 15 is 0 Å². The lowest BCUT2D eigenvalue weighted by Crippen LogP contribution is -2.22. The summed E-state index contributed by atoms with van der Waals surface area (Å²) in [6, 6.07) is 2.56. The predicted octanol–water partition coefficient (Wildman–Crippen LogP) is 3.21. The van der Waals surface area contributed by atoms with Crippen LogP contribution in [0, 0.1) is 11.6 Å². The molecule has 2 nitrogen and oxygen atoms in total. The zero-order valence-corrected chi connectivity index (χ0v) is 12.1. The molecule has 102 valence electrons. The second-order valence-corrected chi connectivity index (χ2v) is 5.04. The standard InChI is InChI=1S/C13H19BrF2N2/c1-2-4-17-5-3-6-18-9-11-12(15)7-10(14)8-13(11)16/h7-8,17-18H,2-6,9H2,1H3. The van der Waals surface area contributed by atoms with E-state index in [9.17, 15) is 8.78 Å². The van der Waals surface area contributed by atoms with Gasteiger partial charge < -0.3 is 10.6 Å². The lowest BCUT2D eigenvalue weighted by atomic mass is 10.2. The van der Waals surface area contributed by atoms with Crippen LogP contribution in [0.4, 0.5) is 8.78 Å². The van der Waals surface area contributed by atoms with E-state index in [1.54, 1.807) is 0 Å². The van der Waals surface area contributed by atoms with Crippen LogP contribution in [0.15, 0.2) is 16.6 Å². The van der Waals surface area contributed by atoms with Crippen LogP contribution < -0.4 is 10.6 Å². The predicted molar refractivity (Wildman–Crippen MR) is 73.5 cm³/mol. The van der Waals surface area contributed by atoms with Crippen molar-refractivity contribution in [1.29, 1.82) is 0 Å². The van der Waals surface area contributed by atoms with E-state index in [1.165, 1.54) is 12.1 Å². The molecule has 0 spiro atoms. The third-order valence-corrected chi connectivity index (χ3v) is 3.00. The highest BCUT2D eigenvalue weighted by atomic mass is 79.9. The van der Waals surface area contributed by atoms with Gasteiger partial charge in [-0.15, -0.1) is 0 Å². The van der Waals surface area contributed by atoms with Gasteiger partial charge in [0.1, 0.15) is 11.6 Å². The normalized spacial score (nSPS) is 10.9. The van der Waals surface area contributed by atoms with Crippen LogP contribution in [0.5, 0.6) is 0 Å². The van der Waals surface area contributed by atoms with Gasteiger partial charge in [0.25, 0.3) is 0 Å². The molecule has 0 unspecified atom stereocenters. The molecule has 0 aromatic heterocycles. The Bertz CT molecular complexity index is 349. The summed E-state index contributed by atoms with van der Waals surface area (Å²) in [5, 5.41) is 6.31. The van der Waals surface area contributed by atoms with Crippen LogP contribution in [-0.4, -0.2) is 19.6 Å². The molecular weight excluding hydrogens is 302 g/mol. The Balaban J connectivity index is 2.27. The monoisotopic (exact) mass is 320 g/mol. The summed E-state index contributed by atoms with van der Waals surface area (Å²) in [5.41, 5.74) is 0.0970. The number of benzene rings is 1. The molecule has 0 heterocycles. The van der Waals surface area contributed by atoms with Crippen molar-refractivity contribution >= 4 is 15.9 Å². The minimum atomic E-state index is -0.515. The van der Waals surface area contributed by atoms with E-state index in [4.69, 9.17) is 0 Å². The van der Waals surface area contributed by atoms with Gasteiger partial charge in [-0.2, -0.15) is 0 Å². The molecule has 1 aromatic rings. The molecule has 0 aliphatic rings. The summed E-state index contributed by atoms with van der Waals surface area (Å²) in [6.07, 6.45) is 2.06. The number of hydrogen-bond donors (Lipinski definition) is 2. The quantitative estimate of drug-likeness (QED) is 0.719. The Morgan fingerprint density at radius 2 is 1.67 bits per heavy atom. The molecule has 0 radical (unpaired) electrons. The fourth-order valence-electron chi connectivity index (χ4n) is 1.59. The minimum Gasteiger partial charge on any atom is -0.317 e. The number of nitrogens with one attached hydrogen (secondary N) is 2. The highest BCUT2D eigenvalue weighted by Gasteiger charge is 2.09. The second kappa shape index (κ2) is 8.56. The first-order valence-electron chi connectivity index (χ1n) is 6.20. The van der Waals surface area contributed by atoms with Gasteiger partial charge in [-0.1, -0.05) is 22.9 Å². The van der Waals surface area contributed by atoms with Crippen molar-refractivity contribution in [2.24, 2.45) is 0 Å². The summed E-state index contributed by atoms with van der Waals surface area (Å²) in [5.74, 6) is -1.03. The van der Waals surface area contributed by atoms with Crippen molar-refractivity contribution in [2.45, 2.75) is 26.3 Å². The third-order valence-electron chi connectivity index (χ3n) is 2.54. The molecule has 0 aliphatic carbocycles. The summed E-state index contributed by atoms with van der Waals surface area (Å²) in [7, 11) is 0. The van der Waals surface area contributed by atoms with Crippen LogP contribution in [0.2, 0.25) is 0 Å². The second-order valence-electron chi connectivity index (χ2n) is 4.13. The Morgan fingerprint density at radius 1 is 1.06 bits per heavy atom. The zero-order valence-electron chi connectivity index (χ0n) is 10.5. The molecule has 0 saturated heterocycles. The van der Waals surface area contributed by atoms with Gasteiger partial charge in [-0.05, 0) is 44.6 Å². The summed E-state index contributed by atoms with van der Waals surface area (Å²) < 4.78 is 27.4. The molecule has 1 rings (SSSR count). The van der Waals surface area contributed by atoms with E-state index in [-0.39, 0.29) is 12.1 Å². The van der Waals surface area contributed by atoms with E-state index in [2.05, 4.69) is 33.5 Å². The largest absolute Gasteiger partial charge is 0.317 e. The van der Waals surface area contributed by atoms with Crippen molar-refractivity contribution < 1.29 is 8.78 Å². The highest BCUT2D eigenvalue weighted by molar-refractivity contribution is 9.10. The Labute approximate surface area is 115 Å². The first kappa shape index (κ1) is 15.5. The molecule has 0 saturated carbocycles. The maximum absolute atomic E-state index is 13.5. The van der Waals surface area contributed by atoms with Crippen molar-refractivity contribution in [1.82, 2.24) is 10.6 Å². The highest BCUT2D eigenvalue weighted by Crippen LogP contribution is 2.19. The number of rotatable bonds is 8. The molecule has 18 heavy (non-hydrogen) atoms. The van der Waals surface area contributed by atoms with Crippen LogP contribution in [0.1, 0.15) is 25.3 Å². The smallest absolute Gasteiger partial charge is 0.131 e. The zero-order chi connectivity index (χ0) is 13.4. The molecule has 0 fully saturated rings. The minimum absolute atomic E-state index is 0.0970. The Kier molecular flexibility index (Phi) is 7.39. The summed E-state index contributed by atoms with van der Waals surface area (Å²) in [6.45, 7) is 5.01. The number of halogens is 3. The van der Waals surface area contributed by atoms with E-state index in [0.29, 0.717) is 4.47 Å². The average molecular weight is 321 g/mol. The SMILES string of the molecule is CCCNCCCNCc1c(F)cc(Br)cc1F. The molecule has 0 bridgehead atoms. The third kappa shape index (κ3) is 5.42. The van der Waals surface area contributed by atoms with E-state index < -0.39 is 11.6 Å². The Hall–Kier alpha value is -0.520. The maximum atomic E-state index is 13.5. The molecule has 2 N–H and O–H groups in total. The molecule has 1 aromatic carbocycles. The first-order valence-corrected chi connectivity index (χ1v) is 6.99. The van der Waals surface area contributed by atoms with Gasteiger partial charge in [0, 0.05) is 16.6 Å². The Morgan fingerprint density at radius 3 is 2.28 bits per heavy atom. The fraction of sp³-hybridized carbons (Fsp3) is 0.538. The lowest BCUT2D eigenvalue weighted by Gasteiger charge is -2.08. The van der Waals surface area contributed by atoms with Gasteiger partial charge in [0.05, 0.1) is 0 Å². The van der Waals surface area contributed by atoms with Gasteiger partial charge in [0.15, 0.2) is 0 Å². The average Bonchev–Trinajstić information content (AvgIpc) is 2.30. The van der Waals surface area contributed by atoms with Crippen LogP contribution in [-0.2, 0) is 6.54 Å². The van der Waals surface area contributed by atoms with E-state index in [1.807, 2.05) is 0 Å². The lowest BCUT2D eigenvalue weighted by molar-refractivity contribution is 0.526. The van der Waals surface area contributed by atoms with Crippen LogP contribution in [0.3, 0.4) is 0 Å². The molecule has 5 heteroatoms. The first-order chi connectivity index (χ1) is 8.65. The van der Waals surface area contributed by atoms with Crippen molar-refractivity contribution in [3.05, 3.63) is 33.8 Å². The van der Waals surface area contributed by atoms with Crippen LogP contribution >= 0.6 is 15.9 Å². The van der Waals surface area contributed by atoms with Gasteiger partial charge in [0.2, 0.25) is 0 Å². The van der Waals surface area contributed by atoms with Crippen molar-refractivity contribution in [2.75, 3.05) is 19.6 Å². The molecule has 0 amide bonds. The molecular formula is C13H19BrF2N2. The summed E-state index contributed by atoms with van der Waals surface area (Å²) >= 11 is 3.06. The van der Waals surface area contributed by atoms with E-state index in [0.717, 1.165) is 32.5 Å². The number of hydrogen-bond acceptors (Lipinski definition) is 2.